The fourth-order valence-electron chi connectivity index (χ4n) is 8.31. The smallest absolute Gasteiger partial charge is 0.0992 e. The highest BCUT2D eigenvalue weighted by molar-refractivity contribution is 7.26. The third kappa shape index (κ3) is 4.99. The lowest BCUT2D eigenvalue weighted by atomic mass is 9.91. The molecule has 0 aliphatic carbocycles. The van der Waals surface area contributed by atoms with Crippen molar-refractivity contribution in [2.75, 3.05) is 0 Å². The normalized spacial score (nSPS) is 11.6. The lowest BCUT2D eigenvalue weighted by molar-refractivity contribution is 1.18. The third-order valence-electron chi connectivity index (χ3n) is 10.8. The van der Waals surface area contributed by atoms with Crippen LogP contribution in [0.1, 0.15) is 11.1 Å². The van der Waals surface area contributed by atoms with E-state index in [0.29, 0.717) is 11.1 Å². The molecule has 254 valence electrons. The first-order chi connectivity index (χ1) is 27.1. The number of hydrogen-bond acceptors (Lipinski definition) is 4. The fraction of sp³-hybridized carbons (Fsp3) is 0. The van der Waals surface area contributed by atoms with Gasteiger partial charge in [0.1, 0.15) is 0 Å². The molecule has 0 saturated carbocycles. The van der Waals surface area contributed by atoms with Crippen molar-refractivity contribution >= 4 is 84.8 Å². The molecule has 0 fully saturated rings. The molecule has 3 aromatic heterocycles. The number of benzene rings is 8. The molecule has 5 heteroatoms. The molecule has 0 bridgehead atoms. The molecule has 0 unspecified atom stereocenters. The molecule has 8 aromatic carbocycles. The number of para-hydroxylation sites is 1. The summed E-state index contributed by atoms with van der Waals surface area (Å²) in [4.78, 5) is 0. The number of rotatable bonds is 4. The van der Waals surface area contributed by atoms with Crippen molar-refractivity contribution in [2.24, 2.45) is 0 Å². The lowest BCUT2D eigenvalue weighted by Crippen LogP contribution is -1.96. The van der Waals surface area contributed by atoms with Crippen LogP contribution >= 0.6 is 22.7 Å². The first-order valence-electron chi connectivity index (χ1n) is 18.1. The van der Waals surface area contributed by atoms with Crippen LogP contribution in [0.15, 0.2) is 164 Å². The van der Waals surface area contributed by atoms with Crippen molar-refractivity contribution < 1.29 is 0 Å². The second kappa shape index (κ2) is 12.3. The van der Waals surface area contributed by atoms with E-state index in [1.807, 2.05) is 40.9 Å². The van der Waals surface area contributed by atoms with Gasteiger partial charge in [0, 0.05) is 56.8 Å². The number of nitrogens with zero attached hydrogens (tertiary/aromatic N) is 3. The van der Waals surface area contributed by atoms with Crippen molar-refractivity contribution in [3.63, 3.8) is 0 Å². The van der Waals surface area contributed by atoms with Gasteiger partial charge in [-0.15, -0.1) is 22.7 Å². The Bertz CT molecular complexity index is 3440. The van der Waals surface area contributed by atoms with Crippen LogP contribution < -0.4 is 0 Å². The number of nitriles is 2. The van der Waals surface area contributed by atoms with Crippen LogP contribution in [0.4, 0.5) is 0 Å². The molecule has 0 spiro atoms. The summed E-state index contributed by atoms with van der Waals surface area (Å²) in [6.07, 6.45) is 0. The molecule has 3 heterocycles. The molecule has 11 aromatic rings. The minimum Gasteiger partial charge on any atom is -0.309 e. The van der Waals surface area contributed by atoms with Crippen LogP contribution in [0.3, 0.4) is 0 Å². The summed E-state index contributed by atoms with van der Waals surface area (Å²) in [5.41, 5.74) is 10.6. The van der Waals surface area contributed by atoms with Crippen LogP contribution in [0.2, 0.25) is 0 Å². The summed E-state index contributed by atoms with van der Waals surface area (Å²) in [6.45, 7) is 0. The number of fused-ring (bicyclic) bond motifs is 9. The number of aromatic nitrogens is 1. The standard InChI is InChI=1S/C50H27N3S2/c51-28-30-20-31(29-52)22-35(21-30)32-8-7-9-33(23-32)37-18-17-36(25-41(37)34-16-19-49-43(24-34)39-11-2-5-14-47(39)54-49)53-45-13-4-1-10-38(45)42-27-50-44(26-46(42)53)40-12-3-6-15-48(40)55-50/h1-27H. The molecule has 0 N–H and O–H groups in total. The maximum atomic E-state index is 9.71. The van der Waals surface area contributed by atoms with Gasteiger partial charge >= 0.3 is 0 Å². The number of thiophene rings is 2. The molecular weight excluding hydrogens is 707 g/mol. The Morgan fingerprint density at radius 3 is 1.76 bits per heavy atom. The maximum absolute atomic E-state index is 9.71. The number of hydrogen-bond donors (Lipinski definition) is 0. The molecule has 0 radical (unpaired) electrons. The first kappa shape index (κ1) is 31.5. The Morgan fingerprint density at radius 2 is 1.00 bits per heavy atom. The predicted octanol–water partition coefficient (Wildman–Crippen LogP) is 14.3. The van der Waals surface area contributed by atoms with E-state index in [9.17, 15) is 10.5 Å². The van der Waals surface area contributed by atoms with Crippen LogP contribution in [-0.2, 0) is 0 Å². The van der Waals surface area contributed by atoms with Crippen molar-refractivity contribution in [3.05, 3.63) is 175 Å². The Labute approximate surface area is 324 Å². The molecule has 0 aliphatic rings. The van der Waals surface area contributed by atoms with E-state index in [2.05, 4.69) is 156 Å². The zero-order valence-electron chi connectivity index (χ0n) is 29.2. The Balaban J connectivity index is 1.17. The second-order valence-electron chi connectivity index (χ2n) is 14.0. The Kier molecular flexibility index (Phi) is 7.03. The molecule has 0 aliphatic heterocycles. The molecule has 55 heavy (non-hydrogen) atoms. The second-order valence-corrected chi connectivity index (χ2v) is 16.1. The van der Waals surface area contributed by atoms with Crippen LogP contribution in [0.5, 0.6) is 0 Å². The van der Waals surface area contributed by atoms with Crippen LogP contribution in [0.25, 0.3) is 101 Å². The van der Waals surface area contributed by atoms with Crippen molar-refractivity contribution in [3.8, 4) is 51.2 Å². The highest BCUT2D eigenvalue weighted by atomic mass is 32.1. The summed E-state index contributed by atoms with van der Waals surface area (Å²) < 4.78 is 7.57. The highest BCUT2D eigenvalue weighted by Crippen LogP contribution is 2.44. The zero-order chi connectivity index (χ0) is 36.6. The van der Waals surface area contributed by atoms with Gasteiger partial charge in [-0.3, -0.25) is 0 Å². The van der Waals surface area contributed by atoms with Crippen molar-refractivity contribution in [1.82, 2.24) is 4.57 Å². The SMILES string of the molecule is N#Cc1cc(C#N)cc(-c2cccc(-c3ccc(-n4c5ccccc5c5cc6sc7ccccc7c6cc54)cc3-c3ccc4sc5ccccc5c4c3)c2)c1. The summed E-state index contributed by atoms with van der Waals surface area (Å²) in [5, 5.41) is 27.0. The van der Waals surface area contributed by atoms with Gasteiger partial charge in [0.25, 0.3) is 0 Å². The van der Waals surface area contributed by atoms with E-state index in [4.69, 9.17) is 0 Å². The van der Waals surface area contributed by atoms with E-state index in [0.717, 1.165) is 39.1 Å². The largest absolute Gasteiger partial charge is 0.309 e. The molecule has 11 rings (SSSR count). The van der Waals surface area contributed by atoms with Crippen LogP contribution in [-0.4, -0.2) is 4.57 Å². The van der Waals surface area contributed by atoms with Gasteiger partial charge in [-0.1, -0.05) is 84.9 Å². The highest BCUT2D eigenvalue weighted by Gasteiger charge is 2.18. The Morgan fingerprint density at radius 1 is 0.364 bits per heavy atom. The fourth-order valence-corrected chi connectivity index (χ4v) is 10.5. The van der Waals surface area contributed by atoms with Gasteiger partial charge in [-0.2, -0.15) is 10.5 Å². The zero-order valence-corrected chi connectivity index (χ0v) is 30.9. The minimum absolute atomic E-state index is 0.472. The summed E-state index contributed by atoms with van der Waals surface area (Å²) in [5.74, 6) is 0. The van der Waals surface area contributed by atoms with Crippen LogP contribution in [0, 0.1) is 22.7 Å². The van der Waals surface area contributed by atoms with E-state index >= 15 is 0 Å². The van der Waals surface area contributed by atoms with Crippen molar-refractivity contribution in [1.29, 1.82) is 10.5 Å². The van der Waals surface area contributed by atoms with Gasteiger partial charge in [0.15, 0.2) is 0 Å². The van der Waals surface area contributed by atoms with Gasteiger partial charge in [0.05, 0.1) is 34.3 Å². The average molecular weight is 734 g/mol. The van der Waals surface area contributed by atoms with E-state index in [1.165, 1.54) is 62.2 Å². The first-order valence-corrected chi connectivity index (χ1v) is 19.7. The van der Waals surface area contributed by atoms with Gasteiger partial charge < -0.3 is 4.57 Å². The van der Waals surface area contributed by atoms with E-state index < -0.39 is 0 Å². The average Bonchev–Trinajstić information content (AvgIpc) is 3.91. The lowest BCUT2D eigenvalue weighted by Gasteiger charge is -2.16. The van der Waals surface area contributed by atoms with Gasteiger partial charge in [-0.05, 0) is 112 Å². The minimum atomic E-state index is 0.472. The molecular formula is C50H27N3S2. The van der Waals surface area contributed by atoms with E-state index in [1.54, 1.807) is 6.07 Å². The maximum Gasteiger partial charge on any atom is 0.0992 e. The Hall–Kier alpha value is -7.02. The molecule has 0 saturated heterocycles. The summed E-state index contributed by atoms with van der Waals surface area (Å²) in [7, 11) is 0. The monoisotopic (exact) mass is 733 g/mol. The third-order valence-corrected chi connectivity index (χ3v) is 13.1. The van der Waals surface area contributed by atoms with Crippen molar-refractivity contribution in [2.45, 2.75) is 0 Å². The van der Waals surface area contributed by atoms with E-state index in [-0.39, 0.29) is 0 Å². The topological polar surface area (TPSA) is 52.5 Å². The molecule has 3 nitrogen and oxygen atoms in total. The van der Waals surface area contributed by atoms with Gasteiger partial charge in [-0.25, -0.2) is 0 Å². The van der Waals surface area contributed by atoms with Gasteiger partial charge in [0.2, 0.25) is 0 Å². The molecule has 0 atom stereocenters. The quantitative estimate of drug-likeness (QED) is 0.181. The summed E-state index contributed by atoms with van der Waals surface area (Å²) >= 11 is 3.68. The summed E-state index contributed by atoms with van der Waals surface area (Å²) in [6, 6.07) is 62.8. The molecule has 0 amide bonds. The predicted molar refractivity (Wildman–Crippen MR) is 232 cm³/mol.